The molecule has 0 N–H and O–H groups in total. The highest BCUT2D eigenvalue weighted by Gasteiger charge is 2.46. The van der Waals surface area contributed by atoms with Gasteiger partial charge in [-0.25, -0.2) is 0 Å². The fourth-order valence-electron chi connectivity index (χ4n) is 9.30. The number of hydrogen-bond acceptors (Lipinski definition) is 2. The Labute approximate surface area is 337 Å². The second-order valence-electron chi connectivity index (χ2n) is 14.8. The summed E-state index contributed by atoms with van der Waals surface area (Å²) in [5.74, 6) is 0. The molecule has 0 spiro atoms. The van der Waals surface area contributed by atoms with Crippen molar-refractivity contribution in [1.82, 2.24) is 0 Å². The Hall–Kier alpha value is -7.00. The number of fused-ring (bicyclic) bond motifs is 6. The zero-order chi connectivity index (χ0) is 37.8. The van der Waals surface area contributed by atoms with Gasteiger partial charge in [0.1, 0.15) is 0 Å². The Morgan fingerprint density at radius 2 is 0.842 bits per heavy atom. The quantitative estimate of drug-likeness (QED) is 0.157. The molecule has 1 aromatic heterocycles. The maximum atomic E-state index is 2.39. The van der Waals surface area contributed by atoms with Crippen molar-refractivity contribution in [3.63, 3.8) is 0 Å². The van der Waals surface area contributed by atoms with Crippen LogP contribution in [0.3, 0.4) is 0 Å². The van der Waals surface area contributed by atoms with Crippen LogP contribution < -0.4 is 4.90 Å². The van der Waals surface area contributed by atoms with Gasteiger partial charge in [-0.1, -0.05) is 176 Å². The largest absolute Gasteiger partial charge is 0.310 e. The van der Waals surface area contributed by atoms with Crippen LogP contribution in [0.25, 0.3) is 53.6 Å². The third-order valence-corrected chi connectivity index (χ3v) is 12.8. The van der Waals surface area contributed by atoms with Gasteiger partial charge in [-0.2, -0.15) is 0 Å². The smallest absolute Gasteiger partial charge is 0.0720 e. The SMILES string of the molecule is c1ccc(-c2cccc(-c3cccc(N(c4ccccc4)c4ccc5c(c4)sc4cccc(C6(c7ccccc7)c7ccccc7-c7ccccc76)c45)c3)c2)cc1. The molecule has 0 aliphatic heterocycles. The first-order valence-corrected chi connectivity index (χ1v) is 20.4. The van der Waals surface area contributed by atoms with E-state index in [9.17, 15) is 0 Å². The fraction of sp³-hybridized carbons (Fsp3) is 0.0182. The fourth-order valence-corrected chi connectivity index (χ4v) is 10.5. The third kappa shape index (κ3) is 5.37. The molecule has 11 rings (SSSR count). The Morgan fingerprint density at radius 3 is 1.56 bits per heavy atom. The number of anilines is 3. The highest BCUT2D eigenvalue weighted by atomic mass is 32.1. The van der Waals surface area contributed by atoms with E-state index in [0.717, 1.165) is 17.1 Å². The Balaban J connectivity index is 1.09. The first-order chi connectivity index (χ1) is 28.3. The molecule has 268 valence electrons. The summed E-state index contributed by atoms with van der Waals surface area (Å²) in [5.41, 5.74) is 15.6. The lowest BCUT2D eigenvalue weighted by molar-refractivity contribution is 0.777. The lowest BCUT2D eigenvalue weighted by Crippen LogP contribution is -2.28. The molecule has 0 amide bonds. The van der Waals surface area contributed by atoms with Gasteiger partial charge in [-0.3, -0.25) is 0 Å². The molecule has 10 aromatic rings. The molecular formula is C55H37NS. The zero-order valence-electron chi connectivity index (χ0n) is 31.2. The number of benzene rings is 9. The van der Waals surface area contributed by atoms with Crippen LogP contribution in [0.2, 0.25) is 0 Å². The lowest BCUT2D eigenvalue weighted by Gasteiger charge is -2.34. The first-order valence-electron chi connectivity index (χ1n) is 19.6. The van der Waals surface area contributed by atoms with E-state index in [1.54, 1.807) is 0 Å². The molecule has 1 heterocycles. The predicted octanol–water partition coefficient (Wildman–Crippen LogP) is 15.2. The standard InChI is InChI=1S/C55H37NS/c1-4-17-38(18-5-1)39-19-14-20-40(35-39)41-21-15-26-44(36-41)56(43-24-8-3-9-25-43)45-33-34-48-53(37-45)57-52-32-16-31-51(54(48)52)55(42-22-6-2-7-23-42)49-29-12-10-27-46(49)47-28-11-13-30-50(47)55/h1-37H. The highest BCUT2D eigenvalue weighted by molar-refractivity contribution is 7.25. The topological polar surface area (TPSA) is 3.24 Å². The Kier molecular flexibility index (Phi) is 7.98. The third-order valence-electron chi connectivity index (χ3n) is 11.7. The van der Waals surface area contributed by atoms with E-state index >= 15 is 0 Å². The summed E-state index contributed by atoms with van der Waals surface area (Å²) in [5, 5.41) is 2.61. The molecule has 2 heteroatoms. The van der Waals surface area contributed by atoms with Crippen molar-refractivity contribution in [1.29, 1.82) is 0 Å². The number of rotatable bonds is 7. The monoisotopic (exact) mass is 743 g/mol. The zero-order valence-corrected chi connectivity index (χ0v) is 32.0. The van der Waals surface area contributed by atoms with Gasteiger partial charge in [0, 0.05) is 37.2 Å². The van der Waals surface area contributed by atoms with Gasteiger partial charge < -0.3 is 4.90 Å². The molecule has 0 saturated heterocycles. The van der Waals surface area contributed by atoms with Crippen LogP contribution in [0.15, 0.2) is 224 Å². The first kappa shape index (κ1) is 33.3. The van der Waals surface area contributed by atoms with E-state index < -0.39 is 5.41 Å². The van der Waals surface area contributed by atoms with Crippen molar-refractivity contribution in [3.8, 4) is 33.4 Å². The molecule has 9 aromatic carbocycles. The molecule has 0 fully saturated rings. The molecule has 0 radical (unpaired) electrons. The summed E-state index contributed by atoms with van der Waals surface area (Å²) in [6, 6.07) is 82.3. The second-order valence-corrected chi connectivity index (χ2v) is 15.9. The number of para-hydroxylation sites is 1. The molecule has 1 aliphatic carbocycles. The van der Waals surface area contributed by atoms with Crippen molar-refractivity contribution in [2.24, 2.45) is 0 Å². The van der Waals surface area contributed by atoms with Gasteiger partial charge in [0.2, 0.25) is 0 Å². The molecule has 0 atom stereocenters. The van der Waals surface area contributed by atoms with Crippen LogP contribution in [0.5, 0.6) is 0 Å². The molecule has 0 unspecified atom stereocenters. The van der Waals surface area contributed by atoms with Crippen molar-refractivity contribution in [2.75, 3.05) is 4.90 Å². The van der Waals surface area contributed by atoms with Gasteiger partial charge in [-0.15, -0.1) is 11.3 Å². The van der Waals surface area contributed by atoms with E-state index in [-0.39, 0.29) is 0 Å². The van der Waals surface area contributed by atoms with Crippen molar-refractivity contribution >= 4 is 48.6 Å². The van der Waals surface area contributed by atoms with Crippen LogP contribution in [-0.4, -0.2) is 0 Å². The molecule has 57 heavy (non-hydrogen) atoms. The lowest BCUT2D eigenvalue weighted by atomic mass is 9.66. The van der Waals surface area contributed by atoms with E-state index in [2.05, 4.69) is 229 Å². The van der Waals surface area contributed by atoms with Gasteiger partial charge in [-0.05, 0) is 104 Å². The van der Waals surface area contributed by atoms with Crippen LogP contribution >= 0.6 is 11.3 Å². The minimum Gasteiger partial charge on any atom is -0.310 e. The van der Waals surface area contributed by atoms with E-state index in [1.807, 2.05) is 11.3 Å². The second kappa shape index (κ2) is 13.6. The molecule has 1 nitrogen and oxygen atoms in total. The van der Waals surface area contributed by atoms with Gasteiger partial charge in [0.25, 0.3) is 0 Å². The van der Waals surface area contributed by atoms with Crippen LogP contribution in [0.4, 0.5) is 17.1 Å². The normalized spacial score (nSPS) is 12.7. The molecule has 0 saturated carbocycles. The maximum Gasteiger partial charge on any atom is 0.0720 e. The summed E-state index contributed by atoms with van der Waals surface area (Å²) >= 11 is 1.89. The van der Waals surface area contributed by atoms with Crippen LogP contribution in [0, 0.1) is 0 Å². The van der Waals surface area contributed by atoms with Crippen LogP contribution in [0.1, 0.15) is 22.3 Å². The summed E-state index contributed by atoms with van der Waals surface area (Å²) in [7, 11) is 0. The maximum absolute atomic E-state index is 2.39. The average molecular weight is 744 g/mol. The number of thiophene rings is 1. The van der Waals surface area contributed by atoms with E-state index in [0.29, 0.717) is 0 Å². The van der Waals surface area contributed by atoms with E-state index in [1.165, 1.54) is 75.8 Å². The highest BCUT2D eigenvalue weighted by Crippen LogP contribution is 2.58. The Bertz CT molecular complexity index is 3030. The molecular weight excluding hydrogens is 707 g/mol. The molecule has 1 aliphatic rings. The summed E-state index contributed by atoms with van der Waals surface area (Å²) in [4.78, 5) is 2.39. The predicted molar refractivity (Wildman–Crippen MR) is 242 cm³/mol. The van der Waals surface area contributed by atoms with Crippen molar-refractivity contribution < 1.29 is 0 Å². The number of hydrogen-bond donors (Lipinski definition) is 0. The Morgan fingerprint density at radius 1 is 0.333 bits per heavy atom. The minimum absolute atomic E-state index is 0.463. The summed E-state index contributed by atoms with van der Waals surface area (Å²) in [6.45, 7) is 0. The average Bonchev–Trinajstić information content (AvgIpc) is 3.81. The van der Waals surface area contributed by atoms with Gasteiger partial charge >= 0.3 is 0 Å². The van der Waals surface area contributed by atoms with Crippen molar-refractivity contribution in [2.45, 2.75) is 5.41 Å². The van der Waals surface area contributed by atoms with Gasteiger partial charge in [0.15, 0.2) is 0 Å². The van der Waals surface area contributed by atoms with Crippen molar-refractivity contribution in [3.05, 3.63) is 247 Å². The minimum atomic E-state index is -0.463. The van der Waals surface area contributed by atoms with Gasteiger partial charge in [0.05, 0.1) is 5.41 Å². The van der Waals surface area contributed by atoms with E-state index in [4.69, 9.17) is 0 Å². The number of nitrogens with zero attached hydrogens (tertiary/aromatic N) is 1. The summed E-state index contributed by atoms with van der Waals surface area (Å²) in [6.07, 6.45) is 0. The van der Waals surface area contributed by atoms with Crippen LogP contribution in [-0.2, 0) is 5.41 Å². The molecule has 0 bridgehead atoms. The summed E-state index contributed by atoms with van der Waals surface area (Å²) < 4.78 is 2.56.